The Morgan fingerprint density at radius 2 is 1.71 bits per heavy atom. The van der Waals surface area contributed by atoms with Crippen molar-refractivity contribution in [3.8, 4) is 0 Å². The van der Waals surface area contributed by atoms with Crippen LogP contribution >= 0.6 is 0 Å². The second-order valence-corrected chi connectivity index (χ2v) is 7.16. The van der Waals surface area contributed by atoms with E-state index in [1.165, 1.54) is 25.7 Å². The minimum atomic E-state index is -3.36. The zero-order valence-corrected chi connectivity index (χ0v) is 11.8. The minimum Gasteiger partial charge on any atom is -0.228 e. The van der Waals surface area contributed by atoms with Crippen LogP contribution in [0.5, 0.6) is 0 Å². The summed E-state index contributed by atoms with van der Waals surface area (Å²) < 4.78 is 23.4. The average molecular weight is 261 g/mol. The molecule has 1 atom stereocenters. The summed E-state index contributed by atoms with van der Waals surface area (Å²) in [4.78, 5) is 0. The fraction of sp³-hybridized carbons (Fsp3) is 1.00. The monoisotopic (exact) mass is 261 g/mol. The van der Waals surface area contributed by atoms with E-state index in [0.717, 1.165) is 38.5 Å². The zero-order chi connectivity index (χ0) is 12.7. The summed E-state index contributed by atoms with van der Waals surface area (Å²) in [6.07, 6.45) is 10.9. The molecule has 17 heavy (non-hydrogen) atoms. The van der Waals surface area contributed by atoms with Crippen LogP contribution in [0, 0.1) is 5.92 Å². The highest BCUT2D eigenvalue weighted by Crippen LogP contribution is 2.30. The molecule has 0 aromatic carbocycles. The highest BCUT2D eigenvalue weighted by molar-refractivity contribution is 7.89. The van der Waals surface area contributed by atoms with Gasteiger partial charge in [0.1, 0.15) is 0 Å². The van der Waals surface area contributed by atoms with Crippen molar-refractivity contribution >= 4 is 10.0 Å². The van der Waals surface area contributed by atoms with Crippen LogP contribution in [0.15, 0.2) is 0 Å². The second kappa shape index (κ2) is 7.37. The van der Waals surface area contributed by atoms with E-state index in [1.54, 1.807) is 0 Å². The van der Waals surface area contributed by atoms with Crippen LogP contribution in [0.1, 0.15) is 71.1 Å². The largest absolute Gasteiger partial charge is 0.228 e. The zero-order valence-electron chi connectivity index (χ0n) is 11.0. The lowest BCUT2D eigenvalue weighted by molar-refractivity contribution is 0.400. The third kappa shape index (κ3) is 5.38. The van der Waals surface area contributed by atoms with Crippen molar-refractivity contribution in [2.45, 2.75) is 76.4 Å². The van der Waals surface area contributed by atoms with Crippen molar-refractivity contribution in [3.05, 3.63) is 0 Å². The third-order valence-electron chi connectivity index (χ3n) is 3.94. The molecule has 1 rings (SSSR count). The summed E-state index contributed by atoms with van der Waals surface area (Å²) in [5.41, 5.74) is 0. The first kappa shape index (κ1) is 15.0. The van der Waals surface area contributed by atoms with Crippen LogP contribution in [0.3, 0.4) is 0 Å². The Morgan fingerprint density at radius 1 is 1.12 bits per heavy atom. The van der Waals surface area contributed by atoms with Crippen LogP contribution < -0.4 is 5.14 Å². The summed E-state index contributed by atoms with van der Waals surface area (Å²) in [6, 6.07) is 0. The lowest BCUT2D eigenvalue weighted by atomic mass is 9.93. The van der Waals surface area contributed by atoms with Gasteiger partial charge in [-0.2, -0.15) is 0 Å². The van der Waals surface area contributed by atoms with Crippen molar-refractivity contribution < 1.29 is 8.42 Å². The highest BCUT2D eigenvalue weighted by atomic mass is 32.2. The van der Waals surface area contributed by atoms with Gasteiger partial charge in [0.25, 0.3) is 0 Å². The van der Waals surface area contributed by atoms with Crippen LogP contribution in [0.2, 0.25) is 0 Å². The lowest BCUT2D eigenvalue weighted by Gasteiger charge is -2.24. The maximum Gasteiger partial charge on any atom is 0.212 e. The number of unbranched alkanes of at least 4 members (excludes halogenated alkanes) is 2. The van der Waals surface area contributed by atoms with Crippen molar-refractivity contribution in [1.82, 2.24) is 0 Å². The van der Waals surface area contributed by atoms with Gasteiger partial charge in [-0.05, 0) is 25.2 Å². The van der Waals surface area contributed by atoms with Gasteiger partial charge in [-0.15, -0.1) is 0 Å². The quantitative estimate of drug-likeness (QED) is 0.589. The summed E-state index contributed by atoms with van der Waals surface area (Å²) in [5, 5.41) is 5.13. The average Bonchev–Trinajstić information content (AvgIpc) is 2.51. The van der Waals surface area contributed by atoms with Gasteiger partial charge in [-0.1, -0.05) is 51.9 Å². The van der Waals surface area contributed by atoms with Crippen molar-refractivity contribution in [2.24, 2.45) is 11.1 Å². The first-order valence-electron chi connectivity index (χ1n) is 7.07. The van der Waals surface area contributed by atoms with E-state index in [9.17, 15) is 8.42 Å². The normalized spacial score (nSPS) is 21.1. The predicted octanol–water partition coefficient (Wildman–Crippen LogP) is 3.19. The van der Waals surface area contributed by atoms with Gasteiger partial charge in [0.05, 0.1) is 5.25 Å². The van der Waals surface area contributed by atoms with E-state index >= 15 is 0 Å². The molecule has 0 heterocycles. The third-order valence-corrected chi connectivity index (χ3v) is 5.40. The number of nitrogens with two attached hydrogens (primary N) is 1. The first-order chi connectivity index (χ1) is 8.05. The summed E-state index contributed by atoms with van der Waals surface area (Å²) >= 11 is 0. The molecule has 0 amide bonds. The minimum absolute atomic E-state index is 0.285. The van der Waals surface area contributed by atoms with E-state index in [1.807, 2.05) is 0 Å². The number of primary sulfonamides is 1. The Hall–Kier alpha value is -0.0900. The SMILES string of the molecule is CCCCCC(C1CCCCCC1)S(N)(=O)=O. The highest BCUT2D eigenvalue weighted by Gasteiger charge is 2.30. The van der Waals surface area contributed by atoms with Crippen LogP contribution in [0.4, 0.5) is 0 Å². The molecular formula is C13H27NO2S. The van der Waals surface area contributed by atoms with Gasteiger partial charge in [0.2, 0.25) is 10.0 Å². The molecule has 1 aliphatic carbocycles. The van der Waals surface area contributed by atoms with Gasteiger partial charge in [0.15, 0.2) is 0 Å². The summed E-state index contributed by atoms with van der Waals surface area (Å²) in [7, 11) is -3.36. The number of rotatable bonds is 6. The summed E-state index contributed by atoms with van der Waals surface area (Å²) in [6.45, 7) is 2.14. The number of hydrogen-bond donors (Lipinski definition) is 1. The van der Waals surface area contributed by atoms with E-state index in [2.05, 4.69) is 6.92 Å². The molecule has 0 aromatic rings. The van der Waals surface area contributed by atoms with Crippen LogP contribution in [0.25, 0.3) is 0 Å². The smallest absolute Gasteiger partial charge is 0.212 e. The Balaban J connectivity index is 2.60. The van der Waals surface area contributed by atoms with E-state index in [-0.39, 0.29) is 5.25 Å². The Morgan fingerprint density at radius 3 is 2.18 bits per heavy atom. The Labute approximate surface area is 106 Å². The molecule has 0 radical (unpaired) electrons. The maximum atomic E-state index is 11.7. The molecule has 1 unspecified atom stereocenters. The van der Waals surface area contributed by atoms with Gasteiger partial charge >= 0.3 is 0 Å². The first-order valence-corrected chi connectivity index (χ1v) is 8.68. The van der Waals surface area contributed by atoms with Crippen LogP contribution in [-0.2, 0) is 10.0 Å². The Bertz CT molecular complexity index is 293. The molecule has 1 saturated carbocycles. The lowest BCUT2D eigenvalue weighted by Crippen LogP contribution is -2.35. The molecule has 1 aliphatic rings. The molecule has 4 heteroatoms. The van der Waals surface area contributed by atoms with Crippen LogP contribution in [-0.4, -0.2) is 13.7 Å². The molecule has 3 nitrogen and oxygen atoms in total. The number of hydrogen-bond acceptors (Lipinski definition) is 2. The van der Waals surface area contributed by atoms with Gasteiger partial charge in [0, 0.05) is 0 Å². The summed E-state index contributed by atoms with van der Waals surface area (Å²) in [5.74, 6) is 0.310. The van der Waals surface area contributed by atoms with E-state index < -0.39 is 10.0 Å². The van der Waals surface area contributed by atoms with E-state index in [0.29, 0.717) is 5.92 Å². The fourth-order valence-corrected chi connectivity index (χ4v) is 4.25. The second-order valence-electron chi connectivity index (χ2n) is 5.37. The van der Waals surface area contributed by atoms with Crippen molar-refractivity contribution in [2.75, 3.05) is 0 Å². The molecule has 1 fully saturated rings. The molecule has 0 aliphatic heterocycles. The molecule has 0 spiro atoms. The van der Waals surface area contributed by atoms with E-state index in [4.69, 9.17) is 5.14 Å². The fourth-order valence-electron chi connectivity index (χ4n) is 2.95. The standard InChI is InChI=1S/C13H27NO2S/c1-2-3-6-11-13(17(14,15)16)12-9-7-4-5-8-10-12/h12-13H,2-11H2,1H3,(H2,14,15,16). The maximum absolute atomic E-state index is 11.7. The molecule has 2 N–H and O–H groups in total. The molecule has 102 valence electrons. The van der Waals surface area contributed by atoms with Gasteiger partial charge in [-0.3, -0.25) is 0 Å². The number of sulfonamides is 1. The molecule has 0 bridgehead atoms. The van der Waals surface area contributed by atoms with Crippen molar-refractivity contribution in [1.29, 1.82) is 0 Å². The van der Waals surface area contributed by atoms with Crippen molar-refractivity contribution in [3.63, 3.8) is 0 Å². The molecule has 0 aromatic heterocycles. The Kier molecular flexibility index (Phi) is 6.49. The topological polar surface area (TPSA) is 60.2 Å². The predicted molar refractivity (Wildman–Crippen MR) is 72.2 cm³/mol. The van der Waals surface area contributed by atoms with Gasteiger partial charge in [-0.25, -0.2) is 13.6 Å². The molecule has 0 saturated heterocycles. The van der Waals surface area contributed by atoms with Gasteiger partial charge < -0.3 is 0 Å². The molecular weight excluding hydrogens is 234 g/mol.